The first-order chi connectivity index (χ1) is 11.0. The van der Waals surface area contributed by atoms with Crippen molar-refractivity contribution in [2.45, 2.75) is 44.2 Å². The molecular weight excluding hydrogens is 297 g/mol. The van der Waals surface area contributed by atoms with Gasteiger partial charge in [0.15, 0.2) is 6.67 Å². The van der Waals surface area contributed by atoms with Gasteiger partial charge in [-0.05, 0) is 25.0 Å². The summed E-state index contributed by atoms with van der Waals surface area (Å²) in [4.78, 5) is 27.2. The first-order valence-corrected chi connectivity index (χ1v) is 8.20. The summed E-state index contributed by atoms with van der Waals surface area (Å²) in [5.41, 5.74) is 0.177. The summed E-state index contributed by atoms with van der Waals surface area (Å²) < 4.78 is 13.2. The number of hydrogen-bond acceptors (Lipinski definition) is 2. The van der Waals surface area contributed by atoms with Crippen molar-refractivity contribution in [1.29, 1.82) is 0 Å². The molecule has 0 bridgehead atoms. The van der Waals surface area contributed by atoms with Crippen LogP contribution in [0.1, 0.15) is 37.7 Å². The zero-order valence-corrected chi connectivity index (χ0v) is 13.4. The minimum Gasteiger partial charge on any atom is -0.323 e. The number of benzene rings is 1. The molecule has 3 rings (SSSR count). The van der Waals surface area contributed by atoms with E-state index in [1.165, 1.54) is 17.0 Å². The van der Waals surface area contributed by atoms with Crippen LogP contribution >= 0.6 is 0 Å². The van der Waals surface area contributed by atoms with Gasteiger partial charge in [0.05, 0.1) is 7.05 Å². The van der Waals surface area contributed by atoms with E-state index in [9.17, 15) is 14.0 Å². The summed E-state index contributed by atoms with van der Waals surface area (Å²) in [6.45, 7) is 0.852. The van der Waals surface area contributed by atoms with E-state index in [-0.39, 0.29) is 17.8 Å². The number of carbonyl (C=O) groups excluding carboxylic acids is 2. The molecule has 1 aliphatic heterocycles. The highest BCUT2D eigenvalue weighted by Crippen LogP contribution is 2.33. The van der Waals surface area contributed by atoms with Gasteiger partial charge in [-0.1, -0.05) is 31.4 Å². The Hall–Kier alpha value is -1.95. The van der Waals surface area contributed by atoms with E-state index in [2.05, 4.69) is 5.32 Å². The second-order valence-corrected chi connectivity index (χ2v) is 6.73. The summed E-state index contributed by atoms with van der Waals surface area (Å²) in [6, 6.07) is 6.11. The molecule has 5 nitrogen and oxygen atoms in total. The summed E-state index contributed by atoms with van der Waals surface area (Å²) in [7, 11) is 1.90. The van der Waals surface area contributed by atoms with Gasteiger partial charge in [-0.15, -0.1) is 0 Å². The first kappa shape index (κ1) is 15.9. The molecule has 3 amide bonds. The molecule has 1 saturated carbocycles. The molecule has 2 aliphatic rings. The second kappa shape index (κ2) is 6.28. The third kappa shape index (κ3) is 3.22. The van der Waals surface area contributed by atoms with Crippen LogP contribution in [0.5, 0.6) is 0 Å². The van der Waals surface area contributed by atoms with E-state index < -0.39 is 5.54 Å². The third-order valence-electron chi connectivity index (χ3n) is 4.78. The summed E-state index contributed by atoms with van der Waals surface area (Å²) in [5, 5.41) is 2.91. The van der Waals surface area contributed by atoms with E-state index in [1.54, 1.807) is 6.07 Å². The smallest absolute Gasteiger partial charge is 0.323 e. The molecule has 1 aromatic rings. The van der Waals surface area contributed by atoms with Gasteiger partial charge in [0.1, 0.15) is 17.9 Å². The Morgan fingerprint density at radius 2 is 2.00 bits per heavy atom. The molecule has 1 aliphatic carbocycles. The highest BCUT2D eigenvalue weighted by Gasteiger charge is 2.52. The number of urea groups is 1. The van der Waals surface area contributed by atoms with Crippen LogP contribution in [0.25, 0.3) is 0 Å². The molecule has 0 radical (unpaired) electrons. The van der Waals surface area contributed by atoms with Crippen molar-refractivity contribution >= 4 is 11.9 Å². The molecule has 1 spiro atoms. The van der Waals surface area contributed by atoms with Crippen LogP contribution in [0, 0.1) is 5.82 Å². The maximum absolute atomic E-state index is 13.2. The minimum atomic E-state index is -0.672. The lowest BCUT2D eigenvalue weighted by Gasteiger charge is -2.30. The zero-order valence-electron chi connectivity index (χ0n) is 13.4. The van der Waals surface area contributed by atoms with Crippen molar-refractivity contribution in [3.63, 3.8) is 0 Å². The van der Waals surface area contributed by atoms with Crippen molar-refractivity contribution in [2.24, 2.45) is 0 Å². The summed E-state index contributed by atoms with van der Waals surface area (Å²) in [6.07, 6.45) is 4.54. The number of nitrogens with zero attached hydrogens (tertiary/aromatic N) is 1. The molecule has 1 saturated heterocycles. The van der Waals surface area contributed by atoms with Crippen LogP contribution in [-0.4, -0.2) is 36.1 Å². The van der Waals surface area contributed by atoms with Gasteiger partial charge in [0, 0.05) is 5.56 Å². The zero-order chi connectivity index (χ0) is 16.4. The molecule has 2 N–H and O–H groups in total. The van der Waals surface area contributed by atoms with Gasteiger partial charge in [-0.2, -0.15) is 0 Å². The Morgan fingerprint density at radius 3 is 2.70 bits per heavy atom. The van der Waals surface area contributed by atoms with Gasteiger partial charge in [-0.25, -0.2) is 14.1 Å². The van der Waals surface area contributed by atoms with Crippen molar-refractivity contribution < 1.29 is 18.9 Å². The van der Waals surface area contributed by atoms with Crippen LogP contribution in [0.3, 0.4) is 0 Å². The molecule has 1 aromatic carbocycles. The van der Waals surface area contributed by atoms with Crippen molar-refractivity contribution in [1.82, 2.24) is 10.2 Å². The van der Waals surface area contributed by atoms with E-state index in [4.69, 9.17) is 0 Å². The lowest BCUT2D eigenvalue weighted by atomic mass is 9.82. The quantitative estimate of drug-likeness (QED) is 0.815. The van der Waals surface area contributed by atoms with Gasteiger partial charge in [0.2, 0.25) is 0 Å². The van der Waals surface area contributed by atoms with Crippen LogP contribution in [0.2, 0.25) is 0 Å². The maximum Gasteiger partial charge on any atom is 0.329 e. The van der Waals surface area contributed by atoms with E-state index >= 15 is 0 Å². The topological polar surface area (TPSA) is 53.9 Å². The lowest BCUT2D eigenvalue weighted by Crippen LogP contribution is -3.09. The van der Waals surface area contributed by atoms with Gasteiger partial charge in [0.25, 0.3) is 5.91 Å². The van der Waals surface area contributed by atoms with Crippen LogP contribution < -0.4 is 10.2 Å². The van der Waals surface area contributed by atoms with E-state index in [0.717, 1.165) is 42.6 Å². The summed E-state index contributed by atoms with van der Waals surface area (Å²) in [5.74, 6) is -0.368. The van der Waals surface area contributed by atoms with Crippen molar-refractivity contribution in [2.75, 3.05) is 13.7 Å². The fourth-order valence-corrected chi connectivity index (χ4v) is 3.64. The molecular formula is C17H23FN3O2+. The standard InChI is InChI=1S/C17H22FN3O2/c1-20(11-13-6-5-7-14(18)10-13)12-21-15(22)17(19-16(21)23)8-3-2-4-9-17/h5-7,10H,2-4,8-9,11-12H2,1H3,(H,19,23)/p+1. The van der Waals surface area contributed by atoms with Crippen LogP contribution in [0.15, 0.2) is 24.3 Å². The Kier molecular flexibility index (Phi) is 4.35. The van der Waals surface area contributed by atoms with Crippen LogP contribution in [0.4, 0.5) is 9.18 Å². The highest BCUT2D eigenvalue weighted by atomic mass is 19.1. The number of imide groups is 1. The van der Waals surface area contributed by atoms with E-state index in [1.807, 2.05) is 13.1 Å². The normalized spacial score (nSPS) is 21.6. The molecule has 1 atom stereocenters. The Morgan fingerprint density at radius 1 is 1.26 bits per heavy atom. The Labute approximate surface area is 135 Å². The molecule has 2 fully saturated rings. The largest absolute Gasteiger partial charge is 0.329 e. The number of quaternary nitrogens is 1. The molecule has 124 valence electrons. The number of nitrogens with one attached hydrogen (secondary N) is 2. The number of carbonyl (C=O) groups is 2. The number of rotatable bonds is 4. The third-order valence-corrected chi connectivity index (χ3v) is 4.78. The fourth-order valence-electron chi connectivity index (χ4n) is 3.64. The minimum absolute atomic E-state index is 0.0965. The first-order valence-electron chi connectivity index (χ1n) is 8.20. The SMILES string of the molecule is C[NH+](Cc1cccc(F)c1)CN1C(=O)NC2(CCCCC2)C1=O. The fraction of sp³-hybridized carbons (Fsp3) is 0.529. The molecule has 1 unspecified atom stereocenters. The molecule has 1 heterocycles. The van der Waals surface area contributed by atoms with Gasteiger partial charge < -0.3 is 10.2 Å². The maximum atomic E-state index is 13.2. The van der Waals surface area contributed by atoms with Crippen molar-refractivity contribution in [3.8, 4) is 0 Å². The highest BCUT2D eigenvalue weighted by molar-refractivity contribution is 6.06. The number of hydrogen-bond donors (Lipinski definition) is 2. The van der Waals surface area contributed by atoms with E-state index in [0.29, 0.717) is 13.2 Å². The average molecular weight is 320 g/mol. The van der Waals surface area contributed by atoms with Gasteiger partial charge >= 0.3 is 6.03 Å². The average Bonchev–Trinajstić information content (AvgIpc) is 2.72. The molecule has 0 aromatic heterocycles. The lowest BCUT2D eigenvalue weighted by molar-refractivity contribution is -0.901. The van der Waals surface area contributed by atoms with Gasteiger partial charge in [-0.3, -0.25) is 4.79 Å². The number of amides is 3. The van der Waals surface area contributed by atoms with Crippen LogP contribution in [-0.2, 0) is 11.3 Å². The number of halogens is 1. The second-order valence-electron chi connectivity index (χ2n) is 6.73. The monoisotopic (exact) mass is 320 g/mol. The predicted octanol–water partition coefficient (Wildman–Crippen LogP) is 1.05. The Bertz CT molecular complexity index is 614. The molecule has 23 heavy (non-hydrogen) atoms. The Balaban J connectivity index is 1.65. The molecule has 6 heteroatoms. The van der Waals surface area contributed by atoms with Crippen molar-refractivity contribution in [3.05, 3.63) is 35.6 Å². The predicted molar refractivity (Wildman–Crippen MR) is 83.1 cm³/mol. The summed E-state index contributed by atoms with van der Waals surface area (Å²) >= 11 is 0.